The molecule has 1 atom stereocenters. The summed E-state index contributed by atoms with van der Waals surface area (Å²) in [5, 5.41) is 2.78. The van der Waals surface area contributed by atoms with E-state index in [4.69, 9.17) is 16.2 Å². The van der Waals surface area contributed by atoms with Gasteiger partial charge in [-0.2, -0.15) is 13.2 Å². The largest absolute Gasteiger partial charge is 0.439 e. The van der Waals surface area contributed by atoms with Crippen LogP contribution in [0, 0.1) is 0 Å². The first-order valence-electron chi connectivity index (χ1n) is 9.12. The molecule has 166 valence electrons. The van der Waals surface area contributed by atoms with Gasteiger partial charge in [-0.25, -0.2) is 15.0 Å². The molecule has 0 spiro atoms. The standard InChI is InChI=1S/C20H17F3N6O3/c21-20(22,23)12-3-6-17(26-9-12)32-14-4-1-11(2-5-14)19-28-15(18(25)31)7-16(29-19)27-13(8-24)10-30/h1-7,9-10,13H,8,24H2,(H2,25,31)(H,27,28,29)/t13-/m0/s1. The van der Waals surface area contributed by atoms with Crippen LogP contribution in [0.1, 0.15) is 16.1 Å². The molecular weight excluding hydrogens is 429 g/mol. The maximum absolute atomic E-state index is 12.6. The van der Waals surface area contributed by atoms with Gasteiger partial charge in [-0.15, -0.1) is 0 Å². The number of rotatable bonds is 8. The Labute approximate surface area is 179 Å². The summed E-state index contributed by atoms with van der Waals surface area (Å²) >= 11 is 0. The number of nitrogens with two attached hydrogens (primary N) is 2. The van der Waals surface area contributed by atoms with Gasteiger partial charge < -0.3 is 26.3 Å². The second-order valence-electron chi connectivity index (χ2n) is 6.46. The fourth-order valence-electron chi connectivity index (χ4n) is 2.52. The van der Waals surface area contributed by atoms with E-state index in [0.29, 0.717) is 23.8 Å². The second kappa shape index (κ2) is 9.39. The fraction of sp³-hybridized carbons (Fsp3) is 0.150. The average molecular weight is 446 g/mol. The summed E-state index contributed by atoms with van der Waals surface area (Å²) in [7, 11) is 0. The van der Waals surface area contributed by atoms with Gasteiger partial charge >= 0.3 is 6.18 Å². The molecule has 12 heteroatoms. The zero-order chi connectivity index (χ0) is 23.3. The van der Waals surface area contributed by atoms with Crippen LogP contribution in [0.4, 0.5) is 19.0 Å². The summed E-state index contributed by atoms with van der Waals surface area (Å²) in [4.78, 5) is 34.6. The third-order valence-corrected chi connectivity index (χ3v) is 4.13. The molecule has 2 heterocycles. The van der Waals surface area contributed by atoms with Crippen LogP contribution in [0.3, 0.4) is 0 Å². The summed E-state index contributed by atoms with van der Waals surface area (Å²) in [6.07, 6.45) is -3.21. The number of anilines is 1. The van der Waals surface area contributed by atoms with Crippen LogP contribution in [0.25, 0.3) is 11.4 Å². The molecule has 1 amide bonds. The number of benzene rings is 1. The predicted molar refractivity (Wildman–Crippen MR) is 108 cm³/mol. The SMILES string of the molecule is NC[C@@H](C=O)Nc1cc(C(N)=O)nc(-c2ccc(Oc3ccc(C(F)(F)F)cn3)cc2)n1. The van der Waals surface area contributed by atoms with Gasteiger partial charge in [0.05, 0.1) is 11.6 Å². The van der Waals surface area contributed by atoms with Gasteiger partial charge in [0.25, 0.3) is 5.91 Å². The monoisotopic (exact) mass is 446 g/mol. The summed E-state index contributed by atoms with van der Waals surface area (Å²) < 4.78 is 43.3. The van der Waals surface area contributed by atoms with Crippen LogP contribution < -0.4 is 21.5 Å². The van der Waals surface area contributed by atoms with E-state index < -0.39 is 23.7 Å². The lowest BCUT2D eigenvalue weighted by Crippen LogP contribution is -2.30. The Morgan fingerprint density at radius 1 is 1.16 bits per heavy atom. The van der Waals surface area contributed by atoms with Crippen LogP contribution in [0.5, 0.6) is 11.6 Å². The number of primary amides is 1. The number of nitrogens with zero attached hydrogens (tertiary/aromatic N) is 3. The van der Waals surface area contributed by atoms with Crippen molar-refractivity contribution in [2.45, 2.75) is 12.2 Å². The van der Waals surface area contributed by atoms with Crippen molar-refractivity contribution in [3.8, 4) is 23.0 Å². The van der Waals surface area contributed by atoms with E-state index in [2.05, 4.69) is 20.3 Å². The molecule has 0 saturated carbocycles. The van der Waals surface area contributed by atoms with E-state index in [1.807, 2.05) is 0 Å². The third kappa shape index (κ3) is 5.55. The minimum absolute atomic E-state index is 0.0127. The minimum atomic E-state index is -4.49. The Bertz CT molecular complexity index is 1110. The zero-order valence-electron chi connectivity index (χ0n) is 16.3. The number of alkyl halides is 3. The average Bonchev–Trinajstić information content (AvgIpc) is 2.77. The highest BCUT2D eigenvalue weighted by Gasteiger charge is 2.30. The van der Waals surface area contributed by atoms with Gasteiger partial charge in [-0.1, -0.05) is 0 Å². The Hall–Kier alpha value is -4.06. The zero-order valence-corrected chi connectivity index (χ0v) is 16.3. The van der Waals surface area contributed by atoms with Crippen molar-refractivity contribution in [3.05, 3.63) is 59.9 Å². The summed E-state index contributed by atoms with van der Waals surface area (Å²) in [5.41, 5.74) is 10.3. The van der Waals surface area contributed by atoms with E-state index >= 15 is 0 Å². The molecule has 32 heavy (non-hydrogen) atoms. The number of ether oxygens (including phenoxy) is 1. The Morgan fingerprint density at radius 3 is 2.41 bits per heavy atom. The molecule has 3 aromatic rings. The molecule has 0 saturated heterocycles. The topological polar surface area (TPSA) is 146 Å². The normalized spacial score (nSPS) is 12.1. The van der Waals surface area contributed by atoms with Crippen LogP contribution in [-0.4, -0.2) is 39.7 Å². The van der Waals surface area contributed by atoms with Gasteiger partial charge in [0.15, 0.2) is 5.82 Å². The van der Waals surface area contributed by atoms with E-state index in [1.165, 1.54) is 18.2 Å². The lowest BCUT2D eigenvalue weighted by Gasteiger charge is -2.13. The van der Waals surface area contributed by atoms with Crippen molar-refractivity contribution >= 4 is 18.0 Å². The van der Waals surface area contributed by atoms with Crippen molar-refractivity contribution in [3.63, 3.8) is 0 Å². The summed E-state index contributed by atoms with van der Waals surface area (Å²) in [6, 6.07) is 8.74. The molecule has 3 rings (SSSR count). The smallest absolute Gasteiger partial charge is 0.417 e. The lowest BCUT2D eigenvalue weighted by atomic mass is 10.2. The predicted octanol–water partition coefficient (Wildman–Crippen LogP) is 2.39. The van der Waals surface area contributed by atoms with Gasteiger partial charge in [-0.3, -0.25) is 4.79 Å². The van der Waals surface area contributed by atoms with E-state index in [1.54, 1.807) is 12.1 Å². The summed E-state index contributed by atoms with van der Waals surface area (Å²) in [5.74, 6) is -0.189. The van der Waals surface area contributed by atoms with Gasteiger partial charge in [0.2, 0.25) is 5.88 Å². The first-order chi connectivity index (χ1) is 15.2. The first kappa shape index (κ1) is 22.6. The number of carbonyl (C=O) groups is 2. The maximum atomic E-state index is 12.6. The molecule has 2 aromatic heterocycles. The molecule has 1 aromatic carbocycles. The van der Waals surface area contributed by atoms with E-state index in [-0.39, 0.29) is 29.8 Å². The number of carbonyl (C=O) groups excluding carboxylic acids is 2. The molecule has 9 nitrogen and oxygen atoms in total. The van der Waals surface area contributed by atoms with Crippen molar-refractivity contribution in [1.82, 2.24) is 15.0 Å². The maximum Gasteiger partial charge on any atom is 0.417 e. The number of halogens is 3. The van der Waals surface area contributed by atoms with Crippen molar-refractivity contribution in [2.24, 2.45) is 11.5 Å². The number of aldehydes is 1. The number of hydrogen-bond acceptors (Lipinski definition) is 8. The van der Waals surface area contributed by atoms with Crippen LogP contribution in [-0.2, 0) is 11.0 Å². The fourth-order valence-corrected chi connectivity index (χ4v) is 2.52. The van der Waals surface area contributed by atoms with Gasteiger partial charge in [-0.05, 0) is 30.3 Å². The van der Waals surface area contributed by atoms with Crippen molar-refractivity contribution in [2.75, 3.05) is 11.9 Å². The van der Waals surface area contributed by atoms with Crippen LogP contribution in [0.2, 0.25) is 0 Å². The molecule has 0 aliphatic rings. The van der Waals surface area contributed by atoms with E-state index in [9.17, 15) is 22.8 Å². The minimum Gasteiger partial charge on any atom is -0.439 e. The number of hydrogen-bond donors (Lipinski definition) is 3. The quantitative estimate of drug-likeness (QED) is 0.447. The third-order valence-electron chi connectivity index (χ3n) is 4.13. The Balaban J connectivity index is 1.82. The second-order valence-corrected chi connectivity index (χ2v) is 6.46. The lowest BCUT2D eigenvalue weighted by molar-refractivity contribution is -0.137. The molecule has 0 unspecified atom stereocenters. The van der Waals surface area contributed by atoms with Crippen molar-refractivity contribution < 1.29 is 27.5 Å². The highest BCUT2D eigenvalue weighted by Crippen LogP contribution is 2.30. The Kier molecular flexibility index (Phi) is 6.64. The molecule has 0 aliphatic heterocycles. The molecular formula is C20H17F3N6O3. The molecule has 5 N–H and O–H groups in total. The number of nitrogens with one attached hydrogen (secondary N) is 1. The van der Waals surface area contributed by atoms with Crippen LogP contribution >= 0.6 is 0 Å². The highest BCUT2D eigenvalue weighted by molar-refractivity contribution is 5.92. The van der Waals surface area contributed by atoms with Gasteiger partial charge in [0, 0.05) is 30.4 Å². The van der Waals surface area contributed by atoms with Crippen molar-refractivity contribution in [1.29, 1.82) is 0 Å². The molecule has 0 bridgehead atoms. The highest BCUT2D eigenvalue weighted by atomic mass is 19.4. The van der Waals surface area contributed by atoms with E-state index in [0.717, 1.165) is 12.1 Å². The number of amides is 1. The molecule has 0 fully saturated rings. The number of aromatic nitrogens is 3. The Morgan fingerprint density at radius 2 is 1.88 bits per heavy atom. The summed E-state index contributed by atoms with van der Waals surface area (Å²) in [6.45, 7) is 0.0127. The van der Waals surface area contributed by atoms with Gasteiger partial charge in [0.1, 0.15) is 23.5 Å². The number of pyridine rings is 1. The molecule has 0 radical (unpaired) electrons. The first-order valence-corrected chi connectivity index (χ1v) is 9.12. The van der Waals surface area contributed by atoms with Crippen LogP contribution in [0.15, 0.2) is 48.7 Å². The molecule has 0 aliphatic carbocycles.